The van der Waals surface area contributed by atoms with Gasteiger partial charge >= 0.3 is 0 Å². The van der Waals surface area contributed by atoms with E-state index in [-0.39, 0.29) is 6.04 Å². The lowest BCUT2D eigenvalue weighted by Gasteiger charge is -2.22. The van der Waals surface area contributed by atoms with E-state index in [4.69, 9.17) is 15.5 Å². The Balaban J connectivity index is 2.33. The SMILES string of the molecule is COCCCN(C)c1nc2ccccc2cc1CC(C)N. The molecule has 0 radical (unpaired) electrons. The van der Waals surface area contributed by atoms with E-state index < -0.39 is 0 Å². The summed E-state index contributed by atoms with van der Waals surface area (Å²) in [6, 6.07) is 10.6. The first kappa shape index (κ1) is 15.7. The molecule has 1 aromatic carbocycles. The fourth-order valence-corrected chi connectivity index (χ4v) is 2.53. The molecule has 0 spiro atoms. The molecule has 0 saturated carbocycles. The van der Waals surface area contributed by atoms with Gasteiger partial charge in [0.25, 0.3) is 0 Å². The molecule has 4 heteroatoms. The van der Waals surface area contributed by atoms with E-state index in [9.17, 15) is 0 Å². The molecule has 0 aliphatic heterocycles. The Bertz CT molecular complexity index is 583. The molecule has 2 aromatic rings. The van der Waals surface area contributed by atoms with E-state index in [2.05, 4.69) is 30.1 Å². The summed E-state index contributed by atoms with van der Waals surface area (Å²) in [5, 5.41) is 1.17. The maximum absolute atomic E-state index is 5.99. The molecule has 0 bridgehead atoms. The van der Waals surface area contributed by atoms with E-state index in [0.29, 0.717) is 0 Å². The van der Waals surface area contributed by atoms with Gasteiger partial charge in [0.15, 0.2) is 0 Å². The minimum absolute atomic E-state index is 0.124. The molecule has 0 amide bonds. The lowest BCUT2D eigenvalue weighted by Crippen LogP contribution is -2.25. The number of benzene rings is 1. The number of ether oxygens (including phenoxy) is 1. The average molecular weight is 287 g/mol. The summed E-state index contributed by atoms with van der Waals surface area (Å²) in [5.41, 5.74) is 8.23. The Labute approximate surface area is 126 Å². The van der Waals surface area contributed by atoms with E-state index in [1.807, 2.05) is 19.1 Å². The molecule has 114 valence electrons. The van der Waals surface area contributed by atoms with Crippen LogP contribution in [0.2, 0.25) is 0 Å². The molecule has 2 N–H and O–H groups in total. The van der Waals surface area contributed by atoms with Crippen LogP contribution < -0.4 is 10.6 Å². The van der Waals surface area contributed by atoms with Crippen LogP contribution in [0.1, 0.15) is 18.9 Å². The fourth-order valence-electron chi connectivity index (χ4n) is 2.53. The van der Waals surface area contributed by atoms with E-state index in [1.165, 1.54) is 10.9 Å². The van der Waals surface area contributed by atoms with Crippen molar-refractivity contribution < 1.29 is 4.74 Å². The number of rotatable bonds is 7. The Morgan fingerprint density at radius 1 is 1.33 bits per heavy atom. The van der Waals surface area contributed by atoms with Gasteiger partial charge in [0.1, 0.15) is 5.82 Å². The summed E-state index contributed by atoms with van der Waals surface area (Å²) in [4.78, 5) is 7.03. The molecule has 0 aliphatic rings. The number of nitrogens with two attached hydrogens (primary N) is 1. The van der Waals surface area contributed by atoms with Gasteiger partial charge < -0.3 is 15.4 Å². The molecule has 0 aliphatic carbocycles. The number of para-hydroxylation sites is 1. The highest BCUT2D eigenvalue weighted by Gasteiger charge is 2.12. The Morgan fingerprint density at radius 2 is 2.10 bits per heavy atom. The Hall–Kier alpha value is -1.65. The van der Waals surface area contributed by atoms with Gasteiger partial charge in [-0.15, -0.1) is 0 Å². The molecule has 0 saturated heterocycles. The van der Waals surface area contributed by atoms with Crippen molar-refractivity contribution in [2.45, 2.75) is 25.8 Å². The van der Waals surface area contributed by atoms with Crippen LogP contribution in [0.5, 0.6) is 0 Å². The second kappa shape index (κ2) is 7.38. The standard InChI is InChI=1S/C17H25N3O/c1-13(18)11-15-12-14-7-4-5-8-16(14)19-17(15)20(2)9-6-10-21-3/h4-5,7-8,12-13H,6,9-11,18H2,1-3H3. The minimum atomic E-state index is 0.124. The number of nitrogens with zero attached hydrogens (tertiary/aromatic N) is 2. The minimum Gasteiger partial charge on any atom is -0.385 e. The average Bonchev–Trinajstić information content (AvgIpc) is 2.46. The number of pyridine rings is 1. The van der Waals surface area contributed by atoms with Crippen LogP contribution in [0.4, 0.5) is 5.82 Å². The number of hydrogen-bond donors (Lipinski definition) is 1. The molecule has 21 heavy (non-hydrogen) atoms. The third-order valence-corrected chi connectivity index (χ3v) is 3.53. The van der Waals surface area contributed by atoms with Crippen molar-refractivity contribution >= 4 is 16.7 Å². The summed E-state index contributed by atoms with van der Waals surface area (Å²) in [6.45, 7) is 3.72. The quantitative estimate of drug-likeness (QED) is 0.795. The molecule has 1 atom stereocenters. The largest absolute Gasteiger partial charge is 0.385 e. The predicted molar refractivity (Wildman–Crippen MR) is 88.9 cm³/mol. The van der Waals surface area contributed by atoms with Crippen LogP contribution in [-0.2, 0) is 11.2 Å². The third-order valence-electron chi connectivity index (χ3n) is 3.53. The summed E-state index contributed by atoms with van der Waals surface area (Å²) in [6.07, 6.45) is 1.82. The molecule has 2 rings (SSSR count). The fraction of sp³-hybridized carbons (Fsp3) is 0.471. The zero-order chi connectivity index (χ0) is 15.2. The van der Waals surface area contributed by atoms with E-state index in [1.54, 1.807) is 7.11 Å². The maximum Gasteiger partial charge on any atom is 0.132 e. The lowest BCUT2D eigenvalue weighted by molar-refractivity contribution is 0.196. The van der Waals surface area contributed by atoms with Crippen LogP contribution in [0.25, 0.3) is 10.9 Å². The first-order valence-electron chi connectivity index (χ1n) is 7.46. The van der Waals surface area contributed by atoms with Crippen molar-refractivity contribution in [1.29, 1.82) is 0 Å². The number of aromatic nitrogens is 1. The highest BCUT2D eigenvalue weighted by atomic mass is 16.5. The van der Waals surface area contributed by atoms with E-state index >= 15 is 0 Å². The third kappa shape index (κ3) is 4.16. The Morgan fingerprint density at radius 3 is 2.81 bits per heavy atom. The normalized spacial score (nSPS) is 12.6. The van der Waals surface area contributed by atoms with Gasteiger partial charge in [0.05, 0.1) is 5.52 Å². The molecular formula is C17H25N3O. The predicted octanol–water partition coefficient (Wildman–Crippen LogP) is 2.60. The molecule has 1 aromatic heterocycles. The van der Waals surface area contributed by atoms with Crippen LogP contribution >= 0.6 is 0 Å². The molecular weight excluding hydrogens is 262 g/mol. The van der Waals surface area contributed by atoms with Gasteiger partial charge in [0, 0.05) is 38.7 Å². The highest BCUT2D eigenvalue weighted by Crippen LogP contribution is 2.24. The first-order valence-corrected chi connectivity index (χ1v) is 7.46. The number of methoxy groups -OCH3 is 1. The Kier molecular flexibility index (Phi) is 5.53. The van der Waals surface area contributed by atoms with Crippen LogP contribution in [0.15, 0.2) is 30.3 Å². The molecule has 1 unspecified atom stereocenters. The smallest absolute Gasteiger partial charge is 0.132 e. The van der Waals surface area contributed by atoms with Gasteiger partial charge in [-0.25, -0.2) is 4.98 Å². The number of anilines is 1. The van der Waals surface area contributed by atoms with Gasteiger partial charge in [-0.2, -0.15) is 0 Å². The van der Waals surface area contributed by atoms with Crippen molar-refractivity contribution in [3.63, 3.8) is 0 Å². The first-order chi connectivity index (χ1) is 10.1. The number of hydrogen-bond acceptors (Lipinski definition) is 4. The monoisotopic (exact) mass is 287 g/mol. The van der Waals surface area contributed by atoms with Crippen molar-refractivity contribution in [3.8, 4) is 0 Å². The maximum atomic E-state index is 5.99. The molecule has 0 fully saturated rings. The van der Waals surface area contributed by atoms with Crippen molar-refractivity contribution in [3.05, 3.63) is 35.9 Å². The molecule has 4 nitrogen and oxygen atoms in total. The summed E-state index contributed by atoms with van der Waals surface area (Å²) >= 11 is 0. The van der Waals surface area contributed by atoms with Crippen molar-refractivity contribution in [1.82, 2.24) is 4.98 Å². The lowest BCUT2D eigenvalue weighted by atomic mass is 10.1. The van der Waals surface area contributed by atoms with Gasteiger partial charge in [-0.3, -0.25) is 0 Å². The topological polar surface area (TPSA) is 51.4 Å². The number of fused-ring (bicyclic) bond motifs is 1. The van der Waals surface area contributed by atoms with Gasteiger partial charge in [-0.1, -0.05) is 18.2 Å². The zero-order valence-corrected chi connectivity index (χ0v) is 13.2. The van der Waals surface area contributed by atoms with Crippen LogP contribution in [0, 0.1) is 0 Å². The van der Waals surface area contributed by atoms with Crippen LogP contribution in [0.3, 0.4) is 0 Å². The summed E-state index contributed by atoms with van der Waals surface area (Å²) in [7, 11) is 3.81. The van der Waals surface area contributed by atoms with E-state index in [0.717, 1.165) is 37.3 Å². The highest BCUT2D eigenvalue weighted by molar-refractivity contribution is 5.81. The second-order valence-electron chi connectivity index (χ2n) is 5.61. The summed E-state index contributed by atoms with van der Waals surface area (Å²) in [5.74, 6) is 1.03. The van der Waals surface area contributed by atoms with Crippen LogP contribution in [-0.4, -0.2) is 38.3 Å². The second-order valence-corrected chi connectivity index (χ2v) is 5.61. The van der Waals surface area contributed by atoms with Gasteiger partial charge in [0.2, 0.25) is 0 Å². The molecule has 1 heterocycles. The van der Waals surface area contributed by atoms with Crippen molar-refractivity contribution in [2.75, 3.05) is 32.2 Å². The van der Waals surface area contributed by atoms with Gasteiger partial charge in [-0.05, 0) is 37.5 Å². The van der Waals surface area contributed by atoms with Crippen molar-refractivity contribution in [2.24, 2.45) is 5.73 Å². The zero-order valence-electron chi connectivity index (χ0n) is 13.2. The summed E-state index contributed by atoms with van der Waals surface area (Å²) < 4.78 is 5.13.